The van der Waals surface area contributed by atoms with E-state index in [1.807, 2.05) is 24.1 Å². The van der Waals surface area contributed by atoms with Crippen LogP contribution in [0, 0.1) is 12.8 Å². The van der Waals surface area contributed by atoms with E-state index >= 15 is 0 Å². The number of hydrogen-bond acceptors (Lipinski definition) is 2. The molecule has 3 fully saturated rings. The summed E-state index contributed by atoms with van der Waals surface area (Å²) in [4.78, 5) is 18.4. The Bertz CT molecular complexity index is 466. The van der Waals surface area contributed by atoms with Crippen molar-refractivity contribution in [2.45, 2.75) is 45.2 Å². The first-order chi connectivity index (χ1) is 9.24. The van der Waals surface area contributed by atoms with Crippen molar-refractivity contribution in [1.29, 1.82) is 0 Å². The SMILES string of the molecule is Cc1ccncc1CNC(=O)N1CC2CCC1CC2. The average molecular weight is 259 g/mol. The molecule has 1 aliphatic carbocycles. The van der Waals surface area contributed by atoms with Crippen molar-refractivity contribution in [1.82, 2.24) is 15.2 Å². The second-order valence-corrected chi connectivity index (χ2v) is 5.79. The number of rotatable bonds is 2. The van der Waals surface area contributed by atoms with E-state index in [-0.39, 0.29) is 6.03 Å². The highest BCUT2D eigenvalue weighted by Crippen LogP contribution is 2.34. The lowest BCUT2D eigenvalue weighted by atomic mass is 9.80. The van der Waals surface area contributed by atoms with Crippen LogP contribution in [0.15, 0.2) is 18.5 Å². The smallest absolute Gasteiger partial charge is 0.317 e. The van der Waals surface area contributed by atoms with Crippen LogP contribution < -0.4 is 5.32 Å². The molecule has 2 aliphatic heterocycles. The predicted octanol–water partition coefficient (Wildman–Crippen LogP) is 2.47. The summed E-state index contributed by atoms with van der Waals surface area (Å²) in [7, 11) is 0. The fourth-order valence-electron chi connectivity index (χ4n) is 3.27. The first-order valence-corrected chi connectivity index (χ1v) is 7.18. The summed E-state index contributed by atoms with van der Waals surface area (Å²) in [6.07, 6.45) is 8.59. The number of pyridine rings is 1. The second-order valence-electron chi connectivity index (χ2n) is 5.79. The van der Waals surface area contributed by atoms with Gasteiger partial charge in [0.2, 0.25) is 0 Å². The Morgan fingerprint density at radius 1 is 1.42 bits per heavy atom. The lowest BCUT2D eigenvalue weighted by molar-refractivity contribution is 0.0747. The van der Waals surface area contributed by atoms with Crippen LogP contribution >= 0.6 is 0 Å². The molecule has 0 atom stereocenters. The zero-order chi connectivity index (χ0) is 13.2. The van der Waals surface area contributed by atoms with Crippen molar-refractivity contribution in [3.05, 3.63) is 29.6 Å². The summed E-state index contributed by atoms with van der Waals surface area (Å²) in [5.41, 5.74) is 2.27. The number of amides is 2. The maximum Gasteiger partial charge on any atom is 0.317 e. The van der Waals surface area contributed by atoms with Gasteiger partial charge in [-0.05, 0) is 55.7 Å². The van der Waals surface area contributed by atoms with Gasteiger partial charge in [-0.25, -0.2) is 4.79 Å². The van der Waals surface area contributed by atoms with Gasteiger partial charge in [0.15, 0.2) is 0 Å². The minimum absolute atomic E-state index is 0.0950. The summed E-state index contributed by atoms with van der Waals surface area (Å²) in [5.74, 6) is 0.732. The molecular weight excluding hydrogens is 238 g/mol. The van der Waals surface area contributed by atoms with Crippen molar-refractivity contribution in [2.75, 3.05) is 6.54 Å². The van der Waals surface area contributed by atoms with Crippen LogP contribution in [0.3, 0.4) is 0 Å². The highest BCUT2D eigenvalue weighted by Gasteiger charge is 2.36. The lowest BCUT2D eigenvalue weighted by Gasteiger charge is -2.45. The fraction of sp³-hybridized carbons (Fsp3) is 0.600. The molecule has 4 nitrogen and oxygen atoms in total. The molecule has 2 bridgehead atoms. The Hall–Kier alpha value is -1.58. The van der Waals surface area contributed by atoms with Crippen LogP contribution in [0.25, 0.3) is 0 Å². The third-order valence-electron chi connectivity index (χ3n) is 4.55. The Morgan fingerprint density at radius 2 is 2.21 bits per heavy atom. The number of carbonyl (C=O) groups excluding carboxylic acids is 1. The van der Waals surface area contributed by atoms with Gasteiger partial charge in [-0.2, -0.15) is 0 Å². The minimum Gasteiger partial charge on any atom is -0.334 e. The van der Waals surface area contributed by atoms with Gasteiger partial charge >= 0.3 is 6.03 Å². The summed E-state index contributed by atoms with van der Waals surface area (Å²) >= 11 is 0. The first-order valence-electron chi connectivity index (χ1n) is 7.18. The van der Waals surface area contributed by atoms with Gasteiger partial charge in [0.1, 0.15) is 0 Å². The summed E-state index contributed by atoms with van der Waals surface area (Å²) < 4.78 is 0. The minimum atomic E-state index is 0.0950. The molecule has 1 aromatic rings. The summed E-state index contributed by atoms with van der Waals surface area (Å²) in [6, 6.07) is 2.54. The average Bonchev–Trinajstić information content (AvgIpc) is 2.47. The normalized spacial score (nSPS) is 25.4. The zero-order valence-electron chi connectivity index (χ0n) is 11.4. The number of piperidine rings is 2. The quantitative estimate of drug-likeness (QED) is 0.886. The zero-order valence-corrected chi connectivity index (χ0v) is 11.4. The molecule has 0 spiro atoms. The fourth-order valence-corrected chi connectivity index (χ4v) is 3.27. The van der Waals surface area contributed by atoms with Crippen LogP contribution in [0.4, 0.5) is 4.79 Å². The van der Waals surface area contributed by atoms with Crippen molar-refractivity contribution < 1.29 is 4.79 Å². The van der Waals surface area contributed by atoms with E-state index < -0.39 is 0 Å². The van der Waals surface area contributed by atoms with Gasteiger partial charge in [-0.15, -0.1) is 0 Å². The lowest BCUT2D eigenvalue weighted by Crippen LogP contribution is -2.54. The molecule has 2 saturated heterocycles. The molecule has 2 amide bonds. The molecule has 0 radical (unpaired) electrons. The molecule has 1 saturated carbocycles. The number of nitrogens with one attached hydrogen (secondary N) is 1. The predicted molar refractivity (Wildman–Crippen MR) is 73.7 cm³/mol. The Balaban J connectivity index is 1.59. The number of urea groups is 1. The first kappa shape index (κ1) is 12.5. The van der Waals surface area contributed by atoms with Gasteiger partial charge in [0.25, 0.3) is 0 Å². The molecule has 1 N–H and O–H groups in total. The van der Waals surface area contributed by atoms with Gasteiger partial charge < -0.3 is 10.2 Å². The second kappa shape index (κ2) is 5.19. The molecule has 3 heterocycles. The Labute approximate surface area is 114 Å². The number of fused-ring (bicyclic) bond motifs is 3. The molecule has 0 unspecified atom stereocenters. The van der Waals surface area contributed by atoms with Crippen LogP contribution in [0.5, 0.6) is 0 Å². The van der Waals surface area contributed by atoms with E-state index in [9.17, 15) is 4.79 Å². The Kier molecular flexibility index (Phi) is 3.40. The topological polar surface area (TPSA) is 45.2 Å². The summed E-state index contributed by atoms with van der Waals surface area (Å²) in [5, 5.41) is 3.04. The van der Waals surface area contributed by atoms with Crippen molar-refractivity contribution in [3.8, 4) is 0 Å². The maximum absolute atomic E-state index is 12.3. The molecule has 19 heavy (non-hydrogen) atoms. The molecule has 102 valence electrons. The van der Waals surface area contributed by atoms with E-state index in [1.165, 1.54) is 31.2 Å². The number of nitrogens with zero attached hydrogens (tertiary/aromatic N) is 2. The van der Waals surface area contributed by atoms with E-state index in [0.29, 0.717) is 12.6 Å². The van der Waals surface area contributed by atoms with Gasteiger partial charge in [-0.1, -0.05) is 0 Å². The van der Waals surface area contributed by atoms with Crippen LogP contribution in [0.1, 0.15) is 36.8 Å². The number of hydrogen-bond donors (Lipinski definition) is 1. The number of aryl methyl sites for hydroxylation is 1. The molecule has 4 rings (SSSR count). The van der Waals surface area contributed by atoms with Crippen molar-refractivity contribution in [2.24, 2.45) is 5.92 Å². The van der Waals surface area contributed by atoms with E-state index in [1.54, 1.807) is 6.20 Å². The highest BCUT2D eigenvalue weighted by molar-refractivity contribution is 5.74. The third-order valence-corrected chi connectivity index (χ3v) is 4.55. The largest absolute Gasteiger partial charge is 0.334 e. The number of aromatic nitrogens is 1. The van der Waals surface area contributed by atoms with E-state index in [2.05, 4.69) is 10.3 Å². The van der Waals surface area contributed by atoms with E-state index in [0.717, 1.165) is 18.0 Å². The third kappa shape index (κ3) is 2.57. The molecular formula is C15H21N3O. The van der Waals surface area contributed by atoms with Gasteiger partial charge in [0.05, 0.1) is 0 Å². The van der Waals surface area contributed by atoms with Gasteiger partial charge in [-0.3, -0.25) is 4.98 Å². The molecule has 4 heteroatoms. The van der Waals surface area contributed by atoms with Crippen molar-refractivity contribution in [3.63, 3.8) is 0 Å². The van der Waals surface area contributed by atoms with Crippen molar-refractivity contribution >= 4 is 6.03 Å². The summed E-state index contributed by atoms with van der Waals surface area (Å²) in [6.45, 7) is 3.57. The van der Waals surface area contributed by atoms with Crippen LogP contribution in [-0.2, 0) is 6.54 Å². The number of carbonyl (C=O) groups is 1. The molecule has 3 aliphatic rings. The molecule has 0 aromatic carbocycles. The monoisotopic (exact) mass is 259 g/mol. The maximum atomic E-state index is 12.3. The van der Waals surface area contributed by atoms with Crippen LogP contribution in [-0.4, -0.2) is 28.5 Å². The standard InChI is InChI=1S/C15H21N3O/c1-11-6-7-16-8-13(11)9-17-15(19)18-10-12-2-4-14(18)5-3-12/h6-8,12,14H,2-5,9-10H2,1H3,(H,17,19). The van der Waals surface area contributed by atoms with Crippen LogP contribution in [0.2, 0.25) is 0 Å². The molecule has 1 aromatic heterocycles. The van der Waals surface area contributed by atoms with Gasteiger partial charge in [0, 0.05) is 31.5 Å². The van der Waals surface area contributed by atoms with E-state index in [4.69, 9.17) is 0 Å². The Morgan fingerprint density at radius 3 is 2.84 bits per heavy atom. The highest BCUT2D eigenvalue weighted by atomic mass is 16.2.